The topological polar surface area (TPSA) is 20.7 Å². The summed E-state index contributed by atoms with van der Waals surface area (Å²) in [6.45, 7) is 1.73. The number of aromatic amines is 1. The number of hydrogen-bond donors (Lipinski definition) is 1. The predicted octanol–water partition coefficient (Wildman–Crippen LogP) is 4.73. The zero-order chi connectivity index (χ0) is 15.1. The highest BCUT2D eigenvalue weighted by atomic mass is 32.1. The molecule has 0 saturated heterocycles. The van der Waals surface area contributed by atoms with Crippen molar-refractivity contribution in [1.29, 1.82) is 0 Å². The van der Waals surface area contributed by atoms with Gasteiger partial charge in [-0.05, 0) is 31.3 Å². The Morgan fingerprint density at radius 2 is 1.81 bits per heavy atom. The second-order valence-electron chi connectivity index (χ2n) is 4.78. The van der Waals surface area contributed by atoms with Crippen molar-refractivity contribution in [2.45, 2.75) is 13.0 Å². The lowest BCUT2D eigenvalue weighted by Gasteiger charge is -2.16. The molecule has 2 aromatic carbocycles. The van der Waals surface area contributed by atoms with Crippen LogP contribution in [0, 0.1) is 22.2 Å². The summed E-state index contributed by atoms with van der Waals surface area (Å²) in [7, 11) is 0. The summed E-state index contributed by atoms with van der Waals surface area (Å²) in [6.07, 6.45) is 0. The minimum absolute atomic E-state index is 0.115. The number of benzene rings is 2. The first kappa shape index (κ1) is 13.9. The lowest BCUT2D eigenvalue weighted by molar-refractivity contribution is 0.559. The first-order valence-corrected chi connectivity index (χ1v) is 6.73. The first-order chi connectivity index (χ1) is 9.99. The normalized spacial score (nSPS) is 12.8. The molecule has 0 radical (unpaired) electrons. The van der Waals surface area contributed by atoms with Crippen LogP contribution in [0.15, 0.2) is 36.4 Å². The van der Waals surface area contributed by atoms with E-state index >= 15 is 0 Å². The van der Waals surface area contributed by atoms with E-state index in [0.29, 0.717) is 5.56 Å². The third kappa shape index (κ3) is 2.25. The van der Waals surface area contributed by atoms with Crippen LogP contribution in [-0.4, -0.2) is 9.55 Å². The van der Waals surface area contributed by atoms with Crippen molar-refractivity contribution in [1.82, 2.24) is 9.55 Å². The van der Waals surface area contributed by atoms with Crippen LogP contribution in [0.5, 0.6) is 0 Å². The molecule has 1 N–H and O–H groups in total. The van der Waals surface area contributed by atoms with Crippen LogP contribution in [0.4, 0.5) is 13.2 Å². The highest BCUT2D eigenvalue weighted by Gasteiger charge is 2.18. The molecule has 0 amide bonds. The van der Waals surface area contributed by atoms with E-state index < -0.39 is 23.5 Å². The van der Waals surface area contributed by atoms with E-state index in [1.54, 1.807) is 25.1 Å². The Balaban J connectivity index is 2.28. The highest BCUT2D eigenvalue weighted by Crippen LogP contribution is 2.27. The molecule has 3 rings (SSSR count). The molecule has 0 aliphatic rings. The predicted molar refractivity (Wildman–Crippen MR) is 77.3 cm³/mol. The van der Waals surface area contributed by atoms with E-state index in [2.05, 4.69) is 4.98 Å². The average molecular weight is 308 g/mol. The van der Waals surface area contributed by atoms with E-state index in [1.807, 2.05) is 0 Å². The fourth-order valence-corrected chi connectivity index (χ4v) is 2.85. The number of rotatable bonds is 2. The van der Waals surface area contributed by atoms with Crippen LogP contribution in [0.3, 0.4) is 0 Å². The molecule has 0 saturated carbocycles. The number of nitrogens with zero attached hydrogens (tertiary/aromatic N) is 1. The second-order valence-corrected chi connectivity index (χ2v) is 5.17. The van der Waals surface area contributed by atoms with Gasteiger partial charge in [-0.2, -0.15) is 0 Å². The summed E-state index contributed by atoms with van der Waals surface area (Å²) in [6, 6.07) is 7.72. The highest BCUT2D eigenvalue weighted by molar-refractivity contribution is 7.71. The zero-order valence-corrected chi connectivity index (χ0v) is 11.8. The Labute approximate surface area is 123 Å². The summed E-state index contributed by atoms with van der Waals surface area (Å²) >= 11 is 5.17. The standard InChI is InChI=1S/C15H11F3N2S/c1-8(10-4-2-3-5-11(10)17)20-13-7-9(16)6-12(18)14(13)19-15(20)21/h2-8H,1H3,(H,19,21). The van der Waals surface area contributed by atoms with Crippen molar-refractivity contribution in [2.75, 3.05) is 0 Å². The molecular formula is C15H11F3N2S. The molecule has 3 aromatic rings. The van der Waals surface area contributed by atoms with Crippen LogP contribution < -0.4 is 0 Å². The van der Waals surface area contributed by atoms with Gasteiger partial charge in [0.25, 0.3) is 0 Å². The number of nitrogens with one attached hydrogen (secondary N) is 1. The van der Waals surface area contributed by atoms with Crippen molar-refractivity contribution < 1.29 is 13.2 Å². The minimum atomic E-state index is -0.726. The van der Waals surface area contributed by atoms with Crippen molar-refractivity contribution in [3.8, 4) is 0 Å². The van der Waals surface area contributed by atoms with Gasteiger partial charge < -0.3 is 9.55 Å². The van der Waals surface area contributed by atoms with Gasteiger partial charge >= 0.3 is 0 Å². The molecule has 0 bridgehead atoms. The molecule has 21 heavy (non-hydrogen) atoms. The number of H-pyrrole nitrogens is 1. The fourth-order valence-electron chi connectivity index (χ4n) is 2.49. The van der Waals surface area contributed by atoms with E-state index in [4.69, 9.17) is 12.2 Å². The molecule has 6 heteroatoms. The Kier molecular flexibility index (Phi) is 3.33. The van der Waals surface area contributed by atoms with Gasteiger partial charge in [0.15, 0.2) is 10.6 Å². The molecule has 1 heterocycles. The Morgan fingerprint density at radius 3 is 2.52 bits per heavy atom. The molecule has 0 fully saturated rings. The summed E-state index contributed by atoms with van der Waals surface area (Å²) in [5.74, 6) is -1.82. The van der Waals surface area contributed by atoms with E-state index in [9.17, 15) is 13.2 Å². The molecule has 108 valence electrons. The molecule has 1 atom stereocenters. The summed E-state index contributed by atoms with van der Waals surface area (Å²) < 4.78 is 42.9. The molecule has 0 aliphatic carbocycles. The Morgan fingerprint density at radius 1 is 1.10 bits per heavy atom. The quantitative estimate of drug-likeness (QED) is 0.679. The van der Waals surface area contributed by atoms with Crippen LogP contribution in [0.1, 0.15) is 18.5 Å². The average Bonchev–Trinajstić information content (AvgIpc) is 2.75. The third-order valence-corrected chi connectivity index (χ3v) is 3.79. The van der Waals surface area contributed by atoms with Gasteiger partial charge in [-0.3, -0.25) is 0 Å². The summed E-state index contributed by atoms with van der Waals surface area (Å²) in [4.78, 5) is 2.71. The molecule has 0 spiro atoms. The lowest BCUT2D eigenvalue weighted by Crippen LogP contribution is -2.08. The van der Waals surface area contributed by atoms with Gasteiger partial charge in [0.05, 0.1) is 11.6 Å². The SMILES string of the molecule is CC(c1ccccc1F)n1c(=S)[nH]c2c(F)cc(F)cc21. The number of hydrogen-bond acceptors (Lipinski definition) is 1. The summed E-state index contributed by atoms with van der Waals surface area (Å²) in [5.41, 5.74) is 0.789. The van der Waals surface area contributed by atoms with Crippen molar-refractivity contribution in [3.63, 3.8) is 0 Å². The molecule has 0 aliphatic heterocycles. The fraction of sp³-hybridized carbons (Fsp3) is 0.133. The third-order valence-electron chi connectivity index (χ3n) is 3.49. The van der Waals surface area contributed by atoms with Crippen LogP contribution in [-0.2, 0) is 0 Å². The van der Waals surface area contributed by atoms with Crippen molar-refractivity contribution in [2.24, 2.45) is 0 Å². The summed E-state index contributed by atoms with van der Waals surface area (Å²) in [5, 5.41) is 0. The smallest absolute Gasteiger partial charge is 0.178 e. The van der Waals surface area contributed by atoms with Gasteiger partial charge in [-0.1, -0.05) is 18.2 Å². The van der Waals surface area contributed by atoms with E-state index in [-0.39, 0.29) is 15.8 Å². The molecule has 1 aromatic heterocycles. The van der Waals surface area contributed by atoms with Gasteiger partial charge in [0.2, 0.25) is 0 Å². The molecule has 1 unspecified atom stereocenters. The zero-order valence-electron chi connectivity index (χ0n) is 11.0. The molecule has 2 nitrogen and oxygen atoms in total. The maximum Gasteiger partial charge on any atom is 0.178 e. The monoisotopic (exact) mass is 308 g/mol. The van der Waals surface area contributed by atoms with Crippen LogP contribution in [0.25, 0.3) is 11.0 Å². The van der Waals surface area contributed by atoms with Gasteiger partial charge in [0, 0.05) is 11.6 Å². The number of imidazole rings is 1. The molecular weight excluding hydrogens is 297 g/mol. The largest absolute Gasteiger partial charge is 0.328 e. The van der Waals surface area contributed by atoms with Gasteiger partial charge in [-0.15, -0.1) is 0 Å². The van der Waals surface area contributed by atoms with Crippen LogP contribution in [0.2, 0.25) is 0 Å². The number of aromatic nitrogens is 2. The number of fused-ring (bicyclic) bond motifs is 1. The van der Waals surface area contributed by atoms with Crippen molar-refractivity contribution >= 4 is 23.3 Å². The van der Waals surface area contributed by atoms with Gasteiger partial charge in [0.1, 0.15) is 17.2 Å². The van der Waals surface area contributed by atoms with Crippen molar-refractivity contribution in [3.05, 3.63) is 64.2 Å². The van der Waals surface area contributed by atoms with Crippen LogP contribution >= 0.6 is 12.2 Å². The number of halogens is 3. The first-order valence-electron chi connectivity index (χ1n) is 6.32. The van der Waals surface area contributed by atoms with Gasteiger partial charge in [-0.25, -0.2) is 13.2 Å². The maximum absolute atomic E-state index is 13.9. The minimum Gasteiger partial charge on any atom is -0.328 e. The second kappa shape index (κ2) is 5.04. The van der Waals surface area contributed by atoms with E-state index in [0.717, 1.165) is 6.07 Å². The lowest BCUT2D eigenvalue weighted by atomic mass is 10.1. The maximum atomic E-state index is 13.9. The van der Waals surface area contributed by atoms with E-state index in [1.165, 1.54) is 16.7 Å². The Bertz CT molecular complexity index is 882. The Hall–Kier alpha value is -2.08.